The molecule has 1 fully saturated rings. The maximum Gasteiger partial charge on any atom is 0.249 e. The van der Waals surface area contributed by atoms with Crippen LogP contribution in [0.3, 0.4) is 0 Å². The van der Waals surface area contributed by atoms with Crippen molar-refractivity contribution in [3.63, 3.8) is 0 Å². The summed E-state index contributed by atoms with van der Waals surface area (Å²) in [5.41, 5.74) is 5.72. The fourth-order valence-electron chi connectivity index (χ4n) is 2.14. The fourth-order valence-corrected chi connectivity index (χ4v) is 2.37. The molecule has 20 heavy (non-hydrogen) atoms. The summed E-state index contributed by atoms with van der Waals surface area (Å²) in [7, 11) is 0. The summed E-state index contributed by atoms with van der Waals surface area (Å²) in [6.45, 7) is 0.905. The Labute approximate surface area is 119 Å². The Morgan fingerprint density at radius 2 is 2.30 bits per heavy atom. The Morgan fingerprint density at radius 1 is 1.45 bits per heavy atom. The maximum atomic E-state index is 13.7. The van der Waals surface area contributed by atoms with Crippen molar-refractivity contribution in [2.45, 2.75) is 18.4 Å². The third-order valence-electron chi connectivity index (χ3n) is 3.34. The van der Waals surface area contributed by atoms with Gasteiger partial charge in [0, 0.05) is 23.6 Å². The van der Waals surface area contributed by atoms with Crippen LogP contribution in [0, 0.1) is 5.82 Å². The summed E-state index contributed by atoms with van der Waals surface area (Å²) in [5, 5.41) is 4.17. The molecule has 1 aliphatic rings. The predicted octanol–water partition coefficient (Wildman–Crippen LogP) is 2.03. The van der Waals surface area contributed by atoms with Crippen LogP contribution in [0.1, 0.15) is 23.7 Å². The van der Waals surface area contributed by atoms with Gasteiger partial charge in [-0.2, -0.15) is 4.98 Å². The van der Waals surface area contributed by atoms with Crippen LogP contribution < -0.4 is 5.73 Å². The summed E-state index contributed by atoms with van der Waals surface area (Å²) in [4.78, 5) is 4.23. The number of hydrogen-bond donors (Lipinski definition) is 1. The van der Waals surface area contributed by atoms with E-state index >= 15 is 0 Å². The normalized spacial score (nSPS) is 22.4. The first kappa shape index (κ1) is 13.5. The lowest BCUT2D eigenvalue weighted by atomic mass is 10.0. The molecule has 106 valence electrons. The van der Waals surface area contributed by atoms with E-state index in [1.807, 2.05) is 0 Å². The number of ether oxygens (including phenoxy) is 1. The zero-order valence-corrected chi connectivity index (χ0v) is 11.4. The van der Waals surface area contributed by atoms with Gasteiger partial charge in [0.1, 0.15) is 11.4 Å². The van der Waals surface area contributed by atoms with Gasteiger partial charge < -0.3 is 15.0 Å². The van der Waals surface area contributed by atoms with Crippen LogP contribution in [0.2, 0.25) is 5.02 Å². The summed E-state index contributed by atoms with van der Waals surface area (Å²) in [6, 6.07) is 4.52. The van der Waals surface area contributed by atoms with Crippen LogP contribution in [-0.2, 0) is 16.7 Å². The topological polar surface area (TPSA) is 74.2 Å². The van der Waals surface area contributed by atoms with E-state index in [1.165, 1.54) is 6.07 Å². The van der Waals surface area contributed by atoms with Gasteiger partial charge in [-0.05, 0) is 18.6 Å². The highest BCUT2D eigenvalue weighted by molar-refractivity contribution is 6.31. The highest BCUT2D eigenvalue weighted by Crippen LogP contribution is 2.27. The smallest absolute Gasteiger partial charge is 0.249 e. The average Bonchev–Trinajstić information content (AvgIpc) is 3.04. The van der Waals surface area contributed by atoms with Crippen LogP contribution in [0.5, 0.6) is 0 Å². The van der Waals surface area contributed by atoms with Gasteiger partial charge in [0.05, 0.1) is 6.61 Å². The molecule has 0 radical (unpaired) electrons. The summed E-state index contributed by atoms with van der Waals surface area (Å²) < 4.78 is 24.1. The quantitative estimate of drug-likeness (QED) is 0.938. The van der Waals surface area contributed by atoms with Crippen molar-refractivity contribution in [1.82, 2.24) is 10.1 Å². The van der Waals surface area contributed by atoms with E-state index in [0.29, 0.717) is 41.9 Å². The largest absolute Gasteiger partial charge is 0.379 e. The van der Waals surface area contributed by atoms with Crippen molar-refractivity contribution in [3.05, 3.63) is 46.3 Å². The molecule has 1 unspecified atom stereocenters. The summed E-state index contributed by atoms with van der Waals surface area (Å²) >= 11 is 5.97. The number of nitrogens with zero attached hydrogens (tertiary/aromatic N) is 2. The Bertz CT molecular complexity index is 606. The van der Waals surface area contributed by atoms with Gasteiger partial charge >= 0.3 is 0 Å². The molecular formula is C13H13ClFN3O2. The molecule has 1 aliphatic heterocycles. The van der Waals surface area contributed by atoms with Crippen LogP contribution in [0.25, 0.3) is 0 Å². The van der Waals surface area contributed by atoms with Crippen molar-refractivity contribution < 1.29 is 13.7 Å². The SMILES string of the molecule is NC1(c2nc(Cc3c(F)cccc3Cl)no2)CCOC1. The first-order valence-corrected chi connectivity index (χ1v) is 6.59. The third-order valence-corrected chi connectivity index (χ3v) is 3.70. The van der Waals surface area contributed by atoms with Gasteiger partial charge in [0.2, 0.25) is 5.89 Å². The molecule has 0 bridgehead atoms. The maximum absolute atomic E-state index is 13.7. The molecule has 2 aromatic rings. The van der Waals surface area contributed by atoms with E-state index in [1.54, 1.807) is 12.1 Å². The average molecular weight is 298 g/mol. The van der Waals surface area contributed by atoms with Crippen LogP contribution in [0.4, 0.5) is 4.39 Å². The molecule has 0 spiro atoms. The lowest BCUT2D eigenvalue weighted by molar-refractivity contribution is 0.166. The molecule has 1 saturated heterocycles. The Morgan fingerprint density at radius 3 is 3.00 bits per heavy atom. The number of nitrogens with two attached hydrogens (primary N) is 1. The second kappa shape index (κ2) is 5.12. The van der Waals surface area contributed by atoms with Crippen molar-refractivity contribution >= 4 is 11.6 Å². The van der Waals surface area contributed by atoms with Crippen molar-refractivity contribution in [2.24, 2.45) is 5.73 Å². The van der Waals surface area contributed by atoms with E-state index in [2.05, 4.69) is 10.1 Å². The number of rotatable bonds is 3. The molecule has 1 atom stereocenters. The second-order valence-corrected chi connectivity index (χ2v) is 5.26. The predicted molar refractivity (Wildman–Crippen MR) is 69.8 cm³/mol. The van der Waals surface area contributed by atoms with E-state index in [4.69, 9.17) is 26.6 Å². The Hall–Kier alpha value is -1.50. The fraction of sp³-hybridized carbons (Fsp3) is 0.385. The van der Waals surface area contributed by atoms with Crippen molar-refractivity contribution in [2.75, 3.05) is 13.2 Å². The van der Waals surface area contributed by atoms with E-state index < -0.39 is 11.4 Å². The van der Waals surface area contributed by atoms with Crippen LogP contribution >= 0.6 is 11.6 Å². The first-order valence-electron chi connectivity index (χ1n) is 6.21. The van der Waals surface area contributed by atoms with E-state index in [9.17, 15) is 4.39 Å². The van der Waals surface area contributed by atoms with E-state index in [0.717, 1.165) is 0 Å². The number of halogens is 2. The molecule has 0 aliphatic carbocycles. The number of hydrogen-bond acceptors (Lipinski definition) is 5. The highest BCUT2D eigenvalue weighted by atomic mass is 35.5. The first-order chi connectivity index (χ1) is 9.58. The number of aromatic nitrogens is 2. The minimum Gasteiger partial charge on any atom is -0.379 e. The minimum absolute atomic E-state index is 0.159. The van der Waals surface area contributed by atoms with Crippen LogP contribution in [-0.4, -0.2) is 23.4 Å². The molecule has 5 nitrogen and oxygen atoms in total. The molecule has 2 N–H and O–H groups in total. The molecule has 1 aromatic heterocycles. The zero-order chi connectivity index (χ0) is 14.2. The van der Waals surface area contributed by atoms with Gasteiger partial charge in [0.15, 0.2) is 5.82 Å². The summed E-state index contributed by atoms with van der Waals surface area (Å²) in [6.07, 6.45) is 0.779. The molecule has 7 heteroatoms. The lowest BCUT2D eigenvalue weighted by Crippen LogP contribution is -2.37. The molecule has 1 aromatic carbocycles. The van der Waals surface area contributed by atoms with Gasteiger partial charge in [0.25, 0.3) is 0 Å². The molecular weight excluding hydrogens is 285 g/mol. The molecule has 3 rings (SSSR count). The summed E-state index contributed by atoms with van der Waals surface area (Å²) in [5.74, 6) is 0.275. The van der Waals surface area contributed by atoms with Gasteiger partial charge in [-0.25, -0.2) is 4.39 Å². The lowest BCUT2D eigenvalue weighted by Gasteiger charge is -2.15. The van der Waals surface area contributed by atoms with Gasteiger partial charge in [-0.15, -0.1) is 0 Å². The Kier molecular flexibility index (Phi) is 3.45. The van der Waals surface area contributed by atoms with Gasteiger partial charge in [-0.3, -0.25) is 0 Å². The van der Waals surface area contributed by atoms with Crippen molar-refractivity contribution in [3.8, 4) is 0 Å². The van der Waals surface area contributed by atoms with E-state index in [-0.39, 0.29) is 6.42 Å². The molecule has 0 amide bonds. The van der Waals surface area contributed by atoms with Crippen LogP contribution in [0.15, 0.2) is 22.7 Å². The zero-order valence-electron chi connectivity index (χ0n) is 10.6. The van der Waals surface area contributed by atoms with Gasteiger partial charge in [-0.1, -0.05) is 22.8 Å². The standard InChI is InChI=1S/C13H13ClFN3O2/c14-9-2-1-3-10(15)8(9)6-11-17-12(20-18-11)13(16)4-5-19-7-13/h1-3H,4-7,16H2. The second-order valence-electron chi connectivity index (χ2n) is 4.85. The van der Waals surface area contributed by atoms with Crippen molar-refractivity contribution in [1.29, 1.82) is 0 Å². The molecule has 2 heterocycles. The third kappa shape index (κ3) is 2.42. The highest BCUT2D eigenvalue weighted by Gasteiger charge is 2.38. The number of benzene rings is 1. The Balaban J connectivity index is 1.84. The molecule has 0 saturated carbocycles. The minimum atomic E-state index is -0.746. The monoisotopic (exact) mass is 297 g/mol.